The number of nitrogens with one attached hydrogen (secondary N) is 1. The number of rotatable bonds is 4. The summed E-state index contributed by atoms with van der Waals surface area (Å²) in [6, 6.07) is 6.09. The molecular formula is C15H16ClF3N2O2. The monoisotopic (exact) mass is 348 g/mol. The zero-order chi connectivity index (χ0) is 17.1. The Labute approximate surface area is 137 Å². The topological polar surface area (TPSA) is 54.3 Å². The minimum absolute atomic E-state index is 0.0751. The van der Waals surface area contributed by atoms with Crippen molar-refractivity contribution in [1.82, 2.24) is 0 Å². The van der Waals surface area contributed by atoms with Gasteiger partial charge in [0.1, 0.15) is 11.3 Å². The van der Waals surface area contributed by atoms with Crippen LogP contribution in [0, 0.1) is 17.2 Å². The van der Waals surface area contributed by atoms with Crippen molar-refractivity contribution in [3.63, 3.8) is 0 Å². The van der Waals surface area contributed by atoms with Gasteiger partial charge in [-0.3, -0.25) is 0 Å². The smallest absolute Gasteiger partial charge is 0.404 e. The average Bonchev–Trinajstić information content (AvgIpc) is 2.50. The quantitative estimate of drug-likeness (QED) is 0.878. The summed E-state index contributed by atoms with van der Waals surface area (Å²) in [7, 11) is 0. The molecule has 0 aromatic heterocycles. The van der Waals surface area contributed by atoms with Gasteiger partial charge < -0.3 is 14.8 Å². The van der Waals surface area contributed by atoms with E-state index in [4.69, 9.17) is 16.3 Å². The number of benzene rings is 1. The van der Waals surface area contributed by atoms with E-state index >= 15 is 0 Å². The summed E-state index contributed by atoms with van der Waals surface area (Å²) in [6.45, 7) is 2.93. The maximum atomic E-state index is 12.2. The number of hydrogen-bond donors (Lipinski definition) is 1. The SMILES string of the molecule is CC(C#N)(Nc1ccc(OC(F)(F)F)c(Cl)c1)C1CCOCC1. The van der Waals surface area contributed by atoms with Crippen LogP contribution in [-0.4, -0.2) is 25.1 Å². The Morgan fingerprint density at radius 1 is 1.35 bits per heavy atom. The highest BCUT2D eigenvalue weighted by Crippen LogP contribution is 2.35. The molecule has 23 heavy (non-hydrogen) atoms. The van der Waals surface area contributed by atoms with E-state index in [-0.39, 0.29) is 10.9 Å². The predicted molar refractivity (Wildman–Crippen MR) is 79.3 cm³/mol. The van der Waals surface area contributed by atoms with E-state index in [0.717, 1.165) is 18.9 Å². The molecule has 2 rings (SSSR count). The van der Waals surface area contributed by atoms with Gasteiger partial charge in [-0.05, 0) is 43.9 Å². The van der Waals surface area contributed by atoms with Gasteiger partial charge in [0.2, 0.25) is 0 Å². The summed E-state index contributed by atoms with van der Waals surface area (Å²) >= 11 is 5.83. The number of hydrogen-bond acceptors (Lipinski definition) is 4. The Morgan fingerprint density at radius 2 is 2.00 bits per heavy atom. The minimum Gasteiger partial charge on any atom is -0.404 e. The number of ether oxygens (including phenoxy) is 2. The molecule has 126 valence electrons. The Hall–Kier alpha value is -1.65. The third-order valence-electron chi connectivity index (χ3n) is 3.83. The molecule has 0 radical (unpaired) electrons. The van der Waals surface area contributed by atoms with E-state index in [2.05, 4.69) is 16.1 Å². The van der Waals surface area contributed by atoms with Crippen molar-refractivity contribution in [3.8, 4) is 11.8 Å². The average molecular weight is 349 g/mol. The molecular weight excluding hydrogens is 333 g/mol. The third-order valence-corrected chi connectivity index (χ3v) is 4.13. The highest BCUT2D eigenvalue weighted by molar-refractivity contribution is 6.32. The largest absolute Gasteiger partial charge is 0.573 e. The Balaban J connectivity index is 2.15. The highest BCUT2D eigenvalue weighted by Gasteiger charge is 2.36. The molecule has 0 saturated carbocycles. The van der Waals surface area contributed by atoms with Crippen molar-refractivity contribution in [2.45, 2.75) is 31.7 Å². The van der Waals surface area contributed by atoms with Gasteiger partial charge in [-0.2, -0.15) is 5.26 Å². The first-order valence-corrected chi connectivity index (χ1v) is 7.44. The van der Waals surface area contributed by atoms with E-state index in [1.807, 2.05) is 0 Å². The number of halogens is 4. The van der Waals surface area contributed by atoms with Crippen LogP contribution in [-0.2, 0) is 4.74 Å². The molecule has 1 aromatic rings. The predicted octanol–water partition coefficient (Wildman–Crippen LogP) is 4.36. The van der Waals surface area contributed by atoms with Crippen LogP contribution >= 0.6 is 11.6 Å². The van der Waals surface area contributed by atoms with E-state index < -0.39 is 17.7 Å². The minimum atomic E-state index is -4.80. The number of nitriles is 1. The van der Waals surface area contributed by atoms with Crippen LogP contribution in [0.3, 0.4) is 0 Å². The van der Waals surface area contributed by atoms with Crippen LogP contribution in [0.2, 0.25) is 5.02 Å². The lowest BCUT2D eigenvalue weighted by molar-refractivity contribution is -0.274. The van der Waals surface area contributed by atoms with Crippen LogP contribution in [0.1, 0.15) is 19.8 Å². The second-order valence-electron chi connectivity index (χ2n) is 5.52. The zero-order valence-electron chi connectivity index (χ0n) is 12.4. The van der Waals surface area contributed by atoms with Crippen molar-refractivity contribution in [3.05, 3.63) is 23.2 Å². The normalized spacial score (nSPS) is 18.8. The standard InChI is InChI=1S/C15H16ClF3N2O2/c1-14(9-20,10-4-6-22-7-5-10)21-11-2-3-13(12(16)8-11)23-15(17,18)19/h2-3,8,10,21H,4-7H2,1H3. The van der Waals surface area contributed by atoms with E-state index in [1.54, 1.807) is 6.92 Å². The van der Waals surface area contributed by atoms with E-state index in [0.29, 0.717) is 18.9 Å². The van der Waals surface area contributed by atoms with Crippen LogP contribution < -0.4 is 10.1 Å². The maximum Gasteiger partial charge on any atom is 0.573 e. The van der Waals surface area contributed by atoms with Crippen molar-refractivity contribution in [2.24, 2.45) is 5.92 Å². The molecule has 1 saturated heterocycles. The molecule has 1 atom stereocenters. The lowest BCUT2D eigenvalue weighted by Crippen LogP contribution is -2.43. The number of anilines is 1. The molecule has 1 aliphatic rings. The molecule has 1 N–H and O–H groups in total. The summed E-state index contributed by atoms with van der Waals surface area (Å²) in [4.78, 5) is 0. The van der Waals surface area contributed by atoms with Crippen LogP contribution in [0.25, 0.3) is 0 Å². The Bertz CT molecular complexity index is 597. The van der Waals surface area contributed by atoms with Gasteiger partial charge >= 0.3 is 6.36 Å². The molecule has 0 aliphatic carbocycles. The summed E-state index contributed by atoms with van der Waals surface area (Å²) in [5, 5.41) is 12.4. The second-order valence-corrected chi connectivity index (χ2v) is 5.93. The van der Waals surface area contributed by atoms with Gasteiger partial charge in [-0.25, -0.2) is 0 Å². The fourth-order valence-corrected chi connectivity index (χ4v) is 2.80. The molecule has 0 amide bonds. The fraction of sp³-hybridized carbons (Fsp3) is 0.533. The van der Waals surface area contributed by atoms with Gasteiger partial charge in [0, 0.05) is 18.9 Å². The summed E-state index contributed by atoms with van der Waals surface area (Å²) in [5.74, 6) is -0.402. The summed E-state index contributed by atoms with van der Waals surface area (Å²) in [6.07, 6.45) is -3.33. The third kappa shape index (κ3) is 4.66. The first-order valence-electron chi connectivity index (χ1n) is 7.06. The molecule has 1 aromatic carbocycles. The van der Waals surface area contributed by atoms with Crippen LogP contribution in [0.15, 0.2) is 18.2 Å². The van der Waals surface area contributed by atoms with Gasteiger partial charge in [-0.1, -0.05) is 11.6 Å². The lowest BCUT2D eigenvalue weighted by Gasteiger charge is -2.35. The first kappa shape index (κ1) is 17.7. The molecule has 0 spiro atoms. The van der Waals surface area contributed by atoms with Crippen LogP contribution in [0.4, 0.5) is 18.9 Å². The van der Waals surface area contributed by atoms with Gasteiger partial charge in [0.05, 0.1) is 11.1 Å². The number of alkyl halides is 3. The van der Waals surface area contributed by atoms with E-state index in [1.165, 1.54) is 12.1 Å². The van der Waals surface area contributed by atoms with E-state index in [9.17, 15) is 18.4 Å². The molecule has 1 unspecified atom stereocenters. The molecule has 1 aliphatic heterocycles. The second kappa shape index (κ2) is 6.85. The molecule has 8 heteroatoms. The summed E-state index contributed by atoms with van der Waals surface area (Å²) < 4.78 is 45.8. The van der Waals surface area contributed by atoms with Crippen LogP contribution in [0.5, 0.6) is 5.75 Å². The fourth-order valence-electron chi connectivity index (χ4n) is 2.58. The van der Waals surface area contributed by atoms with Crippen molar-refractivity contribution in [2.75, 3.05) is 18.5 Å². The van der Waals surface area contributed by atoms with Crippen molar-refractivity contribution in [1.29, 1.82) is 5.26 Å². The van der Waals surface area contributed by atoms with Gasteiger partial charge in [0.15, 0.2) is 0 Å². The Kier molecular flexibility index (Phi) is 5.27. The molecule has 4 nitrogen and oxygen atoms in total. The molecule has 0 bridgehead atoms. The van der Waals surface area contributed by atoms with Crippen molar-refractivity contribution < 1.29 is 22.6 Å². The van der Waals surface area contributed by atoms with Gasteiger partial charge in [-0.15, -0.1) is 13.2 Å². The lowest BCUT2D eigenvalue weighted by atomic mass is 9.81. The number of nitrogens with zero attached hydrogens (tertiary/aromatic N) is 1. The highest BCUT2D eigenvalue weighted by atomic mass is 35.5. The molecule has 1 fully saturated rings. The maximum absolute atomic E-state index is 12.2. The molecule has 1 heterocycles. The van der Waals surface area contributed by atoms with Gasteiger partial charge in [0.25, 0.3) is 0 Å². The van der Waals surface area contributed by atoms with Crippen molar-refractivity contribution >= 4 is 17.3 Å². The zero-order valence-corrected chi connectivity index (χ0v) is 13.2. The summed E-state index contributed by atoms with van der Waals surface area (Å²) in [5.41, 5.74) is -0.403. The Morgan fingerprint density at radius 3 is 2.52 bits per heavy atom. The first-order chi connectivity index (χ1) is 10.7.